The summed E-state index contributed by atoms with van der Waals surface area (Å²) in [6.45, 7) is 2.14. The molecule has 4 aromatic rings. The van der Waals surface area contributed by atoms with Gasteiger partial charge in [0.15, 0.2) is 6.10 Å². The third-order valence-electron chi connectivity index (χ3n) is 5.61. The normalized spacial score (nSPS) is 19.6. The van der Waals surface area contributed by atoms with Gasteiger partial charge in [-0.3, -0.25) is 0 Å². The number of nitrogens with one attached hydrogen (secondary N) is 1. The van der Waals surface area contributed by atoms with Crippen molar-refractivity contribution in [3.63, 3.8) is 0 Å². The molecular weight excluding hydrogens is 380 g/mol. The molecule has 0 saturated carbocycles. The molecule has 0 saturated heterocycles. The van der Waals surface area contributed by atoms with Crippen molar-refractivity contribution < 1.29 is 4.74 Å². The number of fused-ring (bicyclic) bond motifs is 3. The highest BCUT2D eigenvalue weighted by Gasteiger charge is 2.41. The standard InChI is InChI=1S/C23H18N4OS/c1-14-7-2-3-8-15(14)21-19-20(26-23-24-13-25-27(21)23)16-9-4-5-10-17(16)28-22(19)18-11-6-12-29-18/h2-13,21-22H,1H3,(H,24,25,26). The quantitative estimate of drug-likeness (QED) is 0.504. The number of thiophene rings is 1. The smallest absolute Gasteiger partial charge is 0.226 e. The molecule has 2 aliphatic rings. The van der Waals surface area contributed by atoms with E-state index in [1.54, 1.807) is 17.7 Å². The van der Waals surface area contributed by atoms with E-state index in [0.29, 0.717) is 0 Å². The number of hydrogen-bond donors (Lipinski definition) is 1. The molecule has 5 nitrogen and oxygen atoms in total. The van der Waals surface area contributed by atoms with Crippen LogP contribution in [-0.2, 0) is 0 Å². The fourth-order valence-electron chi connectivity index (χ4n) is 4.29. The molecule has 2 aliphatic heterocycles. The molecule has 2 aromatic carbocycles. The molecule has 4 heterocycles. The van der Waals surface area contributed by atoms with Crippen LogP contribution in [0.5, 0.6) is 5.75 Å². The van der Waals surface area contributed by atoms with Crippen LogP contribution in [0.4, 0.5) is 5.95 Å². The third-order valence-corrected chi connectivity index (χ3v) is 6.52. The molecule has 2 unspecified atom stereocenters. The lowest BCUT2D eigenvalue weighted by molar-refractivity contribution is 0.226. The van der Waals surface area contributed by atoms with Gasteiger partial charge in [0.2, 0.25) is 5.95 Å². The van der Waals surface area contributed by atoms with Gasteiger partial charge in [-0.2, -0.15) is 10.1 Å². The number of hydrogen-bond acceptors (Lipinski definition) is 5. The first-order valence-electron chi connectivity index (χ1n) is 9.57. The zero-order chi connectivity index (χ0) is 19.4. The van der Waals surface area contributed by atoms with Gasteiger partial charge in [-0.25, -0.2) is 4.68 Å². The van der Waals surface area contributed by atoms with E-state index in [4.69, 9.17) is 4.74 Å². The van der Waals surface area contributed by atoms with Crippen molar-refractivity contribution in [3.8, 4) is 5.75 Å². The first-order chi connectivity index (χ1) is 14.3. The highest BCUT2D eigenvalue weighted by molar-refractivity contribution is 7.10. The first kappa shape index (κ1) is 16.6. The van der Waals surface area contributed by atoms with E-state index in [0.717, 1.165) is 23.0 Å². The summed E-state index contributed by atoms with van der Waals surface area (Å²) in [7, 11) is 0. The van der Waals surface area contributed by atoms with Crippen molar-refractivity contribution in [2.24, 2.45) is 0 Å². The van der Waals surface area contributed by atoms with Gasteiger partial charge in [0.25, 0.3) is 0 Å². The van der Waals surface area contributed by atoms with Crippen molar-refractivity contribution in [1.29, 1.82) is 0 Å². The number of rotatable bonds is 2. The molecule has 1 N–H and O–H groups in total. The fraction of sp³-hybridized carbons (Fsp3) is 0.130. The van der Waals surface area contributed by atoms with Crippen molar-refractivity contribution in [1.82, 2.24) is 14.8 Å². The van der Waals surface area contributed by atoms with Gasteiger partial charge >= 0.3 is 0 Å². The zero-order valence-corrected chi connectivity index (χ0v) is 16.6. The second kappa shape index (κ2) is 6.32. The predicted octanol–water partition coefficient (Wildman–Crippen LogP) is 5.21. The Bertz CT molecular complexity index is 1240. The Kier molecular flexibility index (Phi) is 3.61. The lowest BCUT2D eigenvalue weighted by Crippen LogP contribution is -2.32. The molecule has 2 atom stereocenters. The van der Waals surface area contributed by atoms with Gasteiger partial charge in [0.1, 0.15) is 18.1 Å². The number of para-hydroxylation sites is 1. The molecular formula is C23H18N4OS. The number of anilines is 1. The van der Waals surface area contributed by atoms with E-state index >= 15 is 0 Å². The summed E-state index contributed by atoms with van der Waals surface area (Å²) in [6.07, 6.45) is 1.42. The molecule has 6 rings (SSSR count). The maximum atomic E-state index is 6.58. The van der Waals surface area contributed by atoms with Crippen LogP contribution in [0.3, 0.4) is 0 Å². The highest BCUT2D eigenvalue weighted by Crippen LogP contribution is 2.51. The topological polar surface area (TPSA) is 52.0 Å². The van der Waals surface area contributed by atoms with Crippen LogP contribution in [0.1, 0.15) is 33.7 Å². The van der Waals surface area contributed by atoms with Crippen LogP contribution < -0.4 is 10.1 Å². The average molecular weight is 398 g/mol. The largest absolute Gasteiger partial charge is 0.480 e. The van der Waals surface area contributed by atoms with Crippen molar-refractivity contribution in [2.45, 2.75) is 19.1 Å². The minimum absolute atomic E-state index is 0.0922. The van der Waals surface area contributed by atoms with Crippen LogP contribution in [0, 0.1) is 6.92 Å². The maximum Gasteiger partial charge on any atom is 0.226 e. The van der Waals surface area contributed by atoms with Crippen molar-refractivity contribution in [2.75, 3.05) is 5.32 Å². The molecule has 0 bridgehead atoms. The Morgan fingerprint density at radius 2 is 1.90 bits per heavy atom. The summed E-state index contributed by atoms with van der Waals surface area (Å²) in [5.41, 5.74) is 5.72. The molecule has 142 valence electrons. The van der Waals surface area contributed by atoms with Gasteiger partial charge < -0.3 is 10.1 Å². The van der Waals surface area contributed by atoms with Crippen molar-refractivity contribution >= 4 is 23.0 Å². The lowest BCUT2D eigenvalue weighted by atomic mass is 9.85. The second-order valence-corrected chi connectivity index (χ2v) is 8.23. The van der Waals surface area contributed by atoms with Gasteiger partial charge in [0.05, 0.1) is 5.70 Å². The van der Waals surface area contributed by atoms with Gasteiger partial charge in [-0.1, -0.05) is 42.5 Å². The number of aryl methyl sites for hydroxylation is 1. The Hall–Kier alpha value is -3.38. The van der Waals surface area contributed by atoms with Crippen molar-refractivity contribution in [3.05, 3.63) is 99.5 Å². The summed E-state index contributed by atoms with van der Waals surface area (Å²) in [6, 6.07) is 20.8. The first-order valence-corrected chi connectivity index (χ1v) is 10.4. The Labute approximate surface area is 172 Å². The number of nitrogens with zero attached hydrogens (tertiary/aromatic N) is 3. The van der Waals surface area contributed by atoms with E-state index < -0.39 is 0 Å². The second-order valence-electron chi connectivity index (χ2n) is 7.25. The summed E-state index contributed by atoms with van der Waals surface area (Å²) in [5.74, 6) is 1.63. The van der Waals surface area contributed by atoms with E-state index in [2.05, 4.69) is 70.2 Å². The Morgan fingerprint density at radius 1 is 1.03 bits per heavy atom. The number of benzene rings is 2. The highest BCUT2D eigenvalue weighted by atomic mass is 32.1. The van der Waals surface area contributed by atoms with Crippen LogP contribution in [0.25, 0.3) is 5.70 Å². The summed E-state index contributed by atoms with van der Waals surface area (Å²) in [4.78, 5) is 5.66. The SMILES string of the molecule is Cc1ccccc1C1C2=C(Nc3ncnn31)c1ccccc1OC2c1cccs1. The minimum Gasteiger partial charge on any atom is -0.480 e. The summed E-state index contributed by atoms with van der Waals surface area (Å²) in [5, 5.41) is 10.2. The molecule has 0 amide bonds. The minimum atomic E-state index is -0.186. The van der Waals surface area contributed by atoms with Gasteiger partial charge in [-0.15, -0.1) is 11.3 Å². The molecule has 29 heavy (non-hydrogen) atoms. The third kappa shape index (κ3) is 2.46. The molecule has 6 heteroatoms. The molecule has 0 radical (unpaired) electrons. The lowest BCUT2D eigenvalue weighted by Gasteiger charge is -2.38. The average Bonchev–Trinajstić information content (AvgIpc) is 3.44. The summed E-state index contributed by atoms with van der Waals surface area (Å²) >= 11 is 1.71. The Balaban J connectivity index is 1.66. The monoisotopic (exact) mass is 398 g/mol. The predicted molar refractivity (Wildman–Crippen MR) is 114 cm³/mol. The summed E-state index contributed by atoms with van der Waals surface area (Å²) < 4.78 is 8.55. The zero-order valence-electron chi connectivity index (χ0n) is 15.7. The Morgan fingerprint density at radius 3 is 2.76 bits per heavy atom. The molecule has 0 spiro atoms. The molecule has 2 aromatic heterocycles. The van der Waals surface area contributed by atoms with Crippen LogP contribution in [-0.4, -0.2) is 14.8 Å². The van der Waals surface area contributed by atoms with E-state index in [9.17, 15) is 0 Å². The number of aromatic nitrogens is 3. The van der Waals surface area contributed by atoms with E-state index in [-0.39, 0.29) is 12.1 Å². The van der Waals surface area contributed by atoms with E-state index in [1.807, 2.05) is 22.9 Å². The fourth-order valence-corrected chi connectivity index (χ4v) is 5.06. The van der Waals surface area contributed by atoms with Gasteiger partial charge in [0, 0.05) is 16.0 Å². The molecule has 0 aliphatic carbocycles. The van der Waals surface area contributed by atoms with Gasteiger partial charge in [-0.05, 0) is 41.6 Å². The number of ether oxygens (including phenoxy) is 1. The van der Waals surface area contributed by atoms with E-state index in [1.165, 1.54) is 21.6 Å². The van der Waals surface area contributed by atoms with Crippen LogP contribution >= 0.6 is 11.3 Å². The van der Waals surface area contributed by atoms with Crippen LogP contribution in [0.15, 0.2) is 77.9 Å². The maximum absolute atomic E-state index is 6.58. The van der Waals surface area contributed by atoms with Crippen LogP contribution in [0.2, 0.25) is 0 Å². The molecule has 0 fully saturated rings.